The first-order valence-electron chi connectivity index (χ1n) is 11.7. The Morgan fingerprint density at radius 2 is 2.12 bits per heavy atom. The summed E-state index contributed by atoms with van der Waals surface area (Å²) in [6.07, 6.45) is 5.73. The molecule has 9 heteroatoms. The van der Waals surface area contributed by atoms with Crippen molar-refractivity contribution in [2.75, 3.05) is 43.9 Å². The van der Waals surface area contributed by atoms with E-state index < -0.39 is 5.41 Å². The van der Waals surface area contributed by atoms with Gasteiger partial charge in [-0.15, -0.1) is 0 Å². The minimum absolute atomic E-state index is 0.00154. The highest BCUT2D eigenvalue weighted by Crippen LogP contribution is 2.41. The summed E-state index contributed by atoms with van der Waals surface area (Å²) in [5.41, 5.74) is 5.34. The SMILES string of the molecule is Cc1c(Nc2nccc(-c3cc(C#N)c4c(c3)[C@@](C)(CO)CN4)n2)cnn1C1CCN(C)CC1. The summed E-state index contributed by atoms with van der Waals surface area (Å²) in [5, 5.41) is 30.9. The molecule has 2 aromatic heterocycles. The molecule has 5 rings (SSSR count). The highest BCUT2D eigenvalue weighted by molar-refractivity contribution is 5.76. The van der Waals surface area contributed by atoms with Crippen molar-refractivity contribution in [3.05, 3.63) is 47.4 Å². The van der Waals surface area contributed by atoms with Gasteiger partial charge in [-0.05, 0) is 63.7 Å². The Hall–Kier alpha value is -3.48. The van der Waals surface area contributed by atoms with Crippen LogP contribution in [0.3, 0.4) is 0 Å². The smallest absolute Gasteiger partial charge is 0.227 e. The van der Waals surface area contributed by atoms with Crippen LogP contribution < -0.4 is 10.6 Å². The summed E-state index contributed by atoms with van der Waals surface area (Å²) >= 11 is 0. The van der Waals surface area contributed by atoms with Crippen LogP contribution in [0.1, 0.15) is 42.6 Å². The van der Waals surface area contributed by atoms with E-state index in [1.54, 1.807) is 6.20 Å². The second-order valence-corrected chi connectivity index (χ2v) is 9.64. The van der Waals surface area contributed by atoms with Crippen molar-refractivity contribution in [3.8, 4) is 17.3 Å². The van der Waals surface area contributed by atoms with Gasteiger partial charge in [0.15, 0.2) is 0 Å². The Labute approximate surface area is 199 Å². The lowest BCUT2D eigenvalue weighted by atomic mass is 9.83. The zero-order valence-corrected chi connectivity index (χ0v) is 19.8. The van der Waals surface area contributed by atoms with E-state index in [0.717, 1.165) is 54.1 Å². The first-order chi connectivity index (χ1) is 16.4. The van der Waals surface area contributed by atoms with Crippen molar-refractivity contribution in [1.29, 1.82) is 5.26 Å². The van der Waals surface area contributed by atoms with Crippen LogP contribution in [-0.4, -0.2) is 63.0 Å². The fourth-order valence-electron chi connectivity index (χ4n) is 4.92. The Morgan fingerprint density at radius 1 is 1.32 bits per heavy atom. The Bertz CT molecular complexity index is 1250. The van der Waals surface area contributed by atoms with Crippen LogP contribution in [-0.2, 0) is 5.41 Å². The molecule has 3 N–H and O–H groups in total. The summed E-state index contributed by atoms with van der Waals surface area (Å²) in [6, 6.07) is 8.38. The molecule has 2 aliphatic heterocycles. The lowest BCUT2D eigenvalue weighted by Crippen LogP contribution is -2.32. The normalized spacial score (nSPS) is 20.6. The zero-order valence-electron chi connectivity index (χ0n) is 19.8. The van der Waals surface area contributed by atoms with Gasteiger partial charge >= 0.3 is 0 Å². The third-order valence-electron chi connectivity index (χ3n) is 7.19. The fraction of sp³-hybridized carbons (Fsp3) is 0.440. The van der Waals surface area contributed by atoms with Crippen LogP contribution in [0, 0.1) is 18.3 Å². The summed E-state index contributed by atoms with van der Waals surface area (Å²) in [6.45, 7) is 6.81. The standard InChI is InChI=1S/C25H30N8O/c1-16-22(13-29-33(16)19-5-8-32(3)9-6-19)31-24-27-7-4-21(30-24)17-10-18(12-26)23-20(11-17)25(2,15-34)14-28-23/h4,7,10-11,13,19,28,34H,5-6,8-9,14-15H2,1-3H3,(H,27,30,31)/t25-/m1/s1. The third-order valence-corrected chi connectivity index (χ3v) is 7.19. The van der Waals surface area contributed by atoms with E-state index in [1.165, 1.54) is 0 Å². The molecule has 3 aromatic rings. The summed E-state index contributed by atoms with van der Waals surface area (Å²) in [7, 11) is 2.16. The number of aromatic nitrogens is 4. The Kier molecular flexibility index (Phi) is 5.71. The molecule has 0 bridgehead atoms. The predicted octanol–water partition coefficient (Wildman–Crippen LogP) is 3.21. The molecule has 0 radical (unpaired) electrons. The number of nitrogens with one attached hydrogen (secondary N) is 2. The highest BCUT2D eigenvalue weighted by Gasteiger charge is 2.36. The van der Waals surface area contributed by atoms with Gasteiger partial charge in [0, 0.05) is 23.7 Å². The largest absolute Gasteiger partial charge is 0.395 e. The van der Waals surface area contributed by atoms with Gasteiger partial charge in [0.2, 0.25) is 5.95 Å². The number of anilines is 3. The summed E-state index contributed by atoms with van der Waals surface area (Å²) in [5.74, 6) is 0.477. The van der Waals surface area contributed by atoms with Crippen molar-refractivity contribution >= 4 is 17.3 Å². The molecule has 34 heavy (non-hydrogen) atoms. The van der Waals surface area contributed by atoms with Crippen LogP contribution in [0.15, 0.2) is 30.6 Å². The van der Waals surface area contributed by atoms with Gasteiger partial charge in [0.05, 0.1) is 47.2 Å². The predicted molar refractivity (Wildman–Crippen MR) is 131 cm³/mol. The summed E-state index contributed by atoms with van der Waals surface area (Å²) in [4.78, 5) is 11.5. The molecule has 1 aromatic carbocycles. The van der Waals surface area contributed by atoms with E-state index in [2.05, 4.69) is 50.3 Å². The first kappa shape index (κ1) is 22.3. The van der Waals surface area contributed by atoms with E-state index >= 15 is 0 Å². The van der Waals surface area contributed by atoms with Gasteiger partial charge in [-0.1, -0.05) is 6.92 Å². The molecule has 2 aliphatic rings. The molecule has 4 heterocycles. The highest BCUT2D eigenvalue weighted by atomic mass is 16.3. The number of hydrogen-bond acceptors (Lipinski definition) is 8. The number of piperidine rings is 1. The lowest BCUT2D eigenvalue weighted by molar-refractivity contribution is 0.210. The molecule has 1 saturated heterocycles. The van der Waals surface area contributed by atoms with Crippen LogP contribution >= 0.6 is 0 Å². The van der Waals surface area contributed by atoms with E-state index in [1.807, 2.05) is 31.3 Å². The van der Waals surface area contributed by atoms with Gasteiger partial charge in [-0.25, -0.2) is 9.97 Å². The monoisotopic (exact) mass is 458 g/mol. The van der Waals surface area contributed by atoms with Crippen molar-refractivity contribution in [3.63, 3.8) is 0 Å². The van der Waals surface area contributed by atoms with Crippen LogP contribution in [0.25, 0.3) is 11.3 Å². The maximum absolute atomic E-state index is 9.97. The van der Waals surface area contributed by atoms with Gasteiger partial charge in [-0.3, -0.25) is 4.68 Å². The average molecular weight is 459 g/mol. The van der Waals surface area contributed by atoms with Crippen LogP contribution in [0.2, 0.25) is 0 Å². The van der Waals surface area contributed by atoms with E-state index in [9.17, 15) is 10.4 Å². The molecule has 0 unspecified atom stereocenters. The number of likely N-dealkylation sites (tertiary alicyclic amines) is 1. The van der Waals surface area contributed by atoms with E-state index in [4.69, 9.17) is 4.98 Å². The molecule has 0 aliphatic carbocycles. The van der Waals surface area contributed by atoms with E-state index in [-0.39, 0.29) is 6.61 Å². The molecule has 1 fully saturated rings. The molecule has 1 atom stereocenters. The molecule has 0 spiro atoms. The number of aliphatic hydroxyl groups is 1. The van der Waals surface area contributed by atoms with Crippen molar-refractivity contribution < 1.29 is 5.11 Å². The topological polar surface area (TPSA) is 115 Å². The average Bonchev–Trinajstić information content (AvgIpc) is 3.39. The molecule has 0 amide bonds. The lowest BCUT2D eigenvalue weighted by Gasteiger charge is -2.29. The number of nitriles is 1. The second kappa shape index (κ2) is 8.70. The third kappa shape index (κ3) is 3.89. The molecule has 0 saturated carbocycles. The number of fused-ring (bicyclic) bond motifs is 1. The second-order valence-electron chi connectivity index (χ2n) is 9.64. The number of hydrogen-bond donors (Lipinski definition) is 3. The molecule has 9 nitrogen and oxygen atoms in total. The maximum Gasteiger partial charge on any atom is 0.227 e. The van der Waals surface area contributed by atoms with Gasteiger partial charge < -0.3 is 20.6 Å². The first-order valence-corrected chi connectivity index (χ1v) is 11.7. The minimum atomic E-state index is -0.440. The van der Waals surface area contributed by atoms with Crippen molar-refractivity contribution in [1.82, 2.24) is 24.6 Å². The zero-order chi connectivity index (χ0) is 23.9. The van der Waals surface area contributed by atoms with Gasteiger partial charge in [0.25, 0.3) is 0 Å². The van der Waals surface area contributed by atoms with Gasteiger partial charge in [0.1, 0.15) is 6.07 Å². The molecule has 176 valence electrons. The minimum Gasteiger partial charge on any atom is -0.395 e. The van der Waals surface area contributed by atoms with Crippen molar-refractivity contribution in [2.24, 2.45) is 0 Å². The number of benzene rings is 1. The molecular weight excluding hydrogens is 428 g/mol. The van der Waals surface area contributed by atoms with Gasteiger partial charge in [-0.2, -0.15) is 10.4 Å². The maximum atomic E-state index is 9.97. The number of rotatable bonds is 5. The fourth-order valence-corrected chi connectivity index (χ4v) is 4.92. The Balaban J connectivity index is 1.43. The van der Waals surface area contributed by atoms with Crippen LogP contribution in [0.5, 0.6) is 0 Å². The van der Waals surface area contributed by atoms with E-state index in [0.29, 0.717) is 29.8 Å². The molecular formula is C25H30N8O. The number of nitrogens with zero attached hydrogens (tertiary/aromatic N) is 6. The van der Waals surface area contributed by atoms with Crippen molar-refractivity contribution in [2.45, 2.75) is 38.1 Å². The summed E-state index contributed by atoms with van der Waals surface area (Å²) < 4.78 is 2.11. The Morgan fingerprint density at radius 3 is 2.85 bits per heavy atom. The number of aliphatic hydroxyl groups excluding tert-OH is 1. The van der Waals surface area contributed by atoms with Crippen LogP contribution in [0.4, 0.5) is 17.3 Å². The quantitative estimate of drug-likeness (QED) is 0.534.